The van der Waals surface area contributed by atoms with Crippen LogP contribution in [0.4, 0.5) is 0 Å². The van der Waals surface area contributed by atoms with Gasteiger partial charge in [-0.3, -0.25) is 0 Å². The third-order valence-electron chi connectivity index (χ3n) is 2.95. The number of benzene rings is 1. The monoisotopic (exact) mass is 246 g/mol. The van der Waals surface area contributed by atoms with Gasteiger partial charge in [0.2, 0.25) is 0 Å². The molecule has 2 heteroatoms. The van der Waals surface area contributed by atoms with Crippen molar-refractivity contribution in [2.45, 2.75) is 39.5 Å². The molecule has 2 nitrogen and oxygen atoms in total. The molecular weight excluding hydrogens is 224 g/mol. The minimum absolute atomic E-state index is 0.323. The first-order chi connectivity index (χ1) is 8.43. The number of carbonyl (C=O) groups excluding carboxylic acids is 1. The van der Waals surface area contributed by atoms with E-state index in [1.807, 2.05) is 6.08 Å². The Bertz CT molecular complexity index is 416. The third kappa shape index (κ3) is 4.02. The molecule has 0 fully saturated rings. The normalized spacial score (nSPS) is 11.5. The maximum absolute atomic E-state index is 11.1. The molecule has 0 aromatic heterocycles. The summed E-state index contributed by atoms with van der Waals surface area (Å²) in [4.78, 5) is 11.1. The van der Waals surface area contributed by atoms with E-state index in [1.54, 1.807) is 0 Å². The highest BCUT2D eigenvalue weighted by molar-refractivity contribution is 5.87. The lowest BCUT2D eigenvalue weighted by Gasteiger charge is -2.12. The van der Waals surface area contributed by atoms with Gasteiger partial charge in [-0.1, -0.05) is 45.9 Å². The summed E-state index contributed by atoms with van der Waals surface area (Å²) in [7, 11) is 1.39. The Balaban J connectivity index is 3.11. The molecule has 0 atom stereocenters. The molecule has 1 aromatic carbocycles. The number of esters is 1. The van der Waals surface area contributed by atoms with E-state index < -0.39 is 0 Å². The van der Waals surface area contributed by atoms with E-state index in [2.05, 4.69) is 50.6 Å². The molecule has 0 aliphatic carbocycles. The van der Waals surface area contributed by atoms with Gasteiger partial charge in [-0.25, -0.2) is 4.79 Å². The quantitative estimate of drug-likeness (QED) is 0.590. The summed E-state index contributed by atoms with van der Waals surface area (Å²) in [6.45, 7) is 8.70. The molecule has 0 heterocycles. The van der Waals surface area contributed by atoms with Crippen molar-refractivity contribution in [2.75, 3.05) is 7.11 Å². The first kappa shape index (κ1) is 14.5. The number of ether oxygens (including phenoxy) is 1. The molecule has 0 saturated carbocycles. The Hall–Kier alpha value is -1.57. The van der Waals surface area contributed by atoms with E-state index in [-0.39, 0.29) is 5.97 Å². The summed E-state index contributed by atoms with van der Waals surface area (Å²) in [5.74, 6) is 0.638. The summed E-state index contributed by atoms with van der Waals surface area (Å²) in [6, 6.07) is 6.48. The first-order valence-corrected chi connectivity index (χ1v) is 6.35. The molecule has 98 valence electrons. The summed E-state index contributed by atoms with van der Waals surface area (Å²) in [5, 5.41) is 0. The first-order valence-electron chi connectivity index (χ1n) is 6.35. The van der Waals surface area contributed by atoms with Crippen LogP contribution in [0.5, 0.6) is 0 Å². The van der Waals surface area contributed by atoms with Crippen LogP contribution in [-0.4, -0.2) is 13.1 Å². The molecular formula is C16H22O2. The van der Waals surface area contributed by atoms with Crippen molar-refractivity contribution in [3.63, 3.8) is 0 Å². The van der Waals surface area contributed by atoms with Crippen LogP contribution < -0.4 is 0 Å². The molecule has 0 radical (unpaired) electrons. The van der Waals surface area contributed by atoms with E-state index in [1.165, 1.54) is 24.3 Å². The third-order valence-corrected chi connectivity index (χ3v) is 2.95. The van der Waals surface area contributed by atoms with Gasteiger partial charge in [-0.05, 0) is 34.6 Å². The molecule has 0 unspecified atom stereocenters. The zero-order valence-corrected chi connectivity index (χ0v) is 11.9. The lowest BCUT2D eigenvalue weighted by atomic mass is 9.93. The summed E-state index contributed by atoms with van der Waals surface area (Å²) >= 11 is 0. The zero-order valence-electron chi connectivity index (χ0n) is 11.9. The molecule has 0 aliphatic rings. The van der Waals surface area contributed by atoms with Gasteiger partial charge < -0.3 is 4.74 Å². The zero-order chi connectivity index (χ0) is 13.7. The maximum atomic E-state index is 11.1. The van der Waals surface area contributed by atoms with Crippen molar-refractivity contribution in [3.05, 3.63) is 41.0 Å². The van der Waals surface area contributed by atoms with Crippen LogP contribution in [0.2, 0.25) is 0 Å². The predicted molar refractivity (Wildman–Crippen MR) is 75.7 cm³/mol. The molecule has 18 heavy (non-hydrogen) atoms. The second-order valence-corrected chi connectivity index (χ2v) is 5.10. The largest absolute Gasteiger partial charge is 0.466 e. The van der Waals surface area contributed by atoms with Crippen molar-refractivity contribution < 1.29 is 9.53 Å². The molecule has 0 aliphatic heterocycles. The fourth-order valence-corrected chi connectivity index (χ4v) is 1.70. The van der Waals surface area contributed by atoms with E-state index in [4.69, 9.17) is 0 Å². The van der Waals surface area contributed by atoms with Crippen LogP contribution in [-0.2, 0) is 9.53 Å². The fourth-order valence-electron chi connectivity index (χ4n) is 1.70. The molecule has 1 aromatic rings. The Morgan fingerprint density at radius 1 is 1.06 bits per heavy atom. The number of hydrogen-bond donors (Lipinski definition) is 0. The smallest absolute Gasteiger partial charge is 0.330 e. The predicted octanol–water partition coefficient (Wildman–Crippen LogP) is 4.12. The van der Waals surface area contributed by atoms with E-state index in [0.29, 0.717) is 11.8 Å². The van der Waals surface area contributed by atoms with Gasteiger partial charge in [0.25, 0.3) is 0 Å². The average molecular weight is 246 g/mol. The van der Waals surface area contributed by atoms with Gasteiger partial charge in [0, 0.05) is 6.08 Å². The van der Waals surface area contributed by atoms with Gasteiger partial charge >= 0.3 is 5.97 Å². The number of hydrogen-bond acceptors (Lipinski definition) is 2. The Morgan fingerprint density at radius 2 is 1.56 bits per heavy atom. The van der Waals surface area contributed by atoms with Gasteiger partial charge in [0.1, 0.15) is 0 Å². The highest BCUT2D eigenvalue weighted by Crippen LogP contribution is 2.24. The van der Waals surface area contributed by atoms with Crippen molar-refractivity contribution in [3.8, 4) is 0 Å². The van der Waals surface area contributed by atoms with Crippen LogP contribution in [0, 0.1) is 0 Å². The summed E-state index contributed by atoms with van der Waals surface area (Å²) in [5.41, 5.74) is 3.65. The van der Waals surface area contributed by atoms with Gasteiger partial charge in [0.15, 0.2) is 0 Å². The lowest BCUT2D eigenvalue weighted by molar-refractivity contribution is -0.134. The van der Waals surface area contributed by atoms with Crippen LogP contribution in [0.3, 0.4) is 0 Å². The molecule has 0 saturated heterocycles. The van der Waals surface area contributed by atoms with Crippen LogP contribution >= 0.6 is 0 Å². The highest BCUT2D eigenvalue weighted by atomic mass is 16.5. The van der Waals surface area contributed by atoms with Crippen molar-refractivity contribution >= 4 is 12.0 Å². The SMILES string of the molecule is COC(=O)/C=C/c1cc(C(C)C)cc(C(C)C)c1. The topological polar surface area (TPSA) is 26.3 Å². The van der Waals surface area contributed by atoms with E-state index in [0.717, 1.165) is 5.56 Å². The fraction of sp³-hybridized carbons (Fsp3) is 0.438. The molecule has 0 spiro atoms. The van der Waals surface area contributed by atoms with Crippen LogP contribution in [0.25, 0.3) is 6.08 Å². The van der Waals surface area contributed by atoms with Crippen molar-refractivity contribution in [1.29, 1.82) is 0 Å². The van der Waals surface area contributed by atoms with Crippen LogP contribution in [0.15, 0.2) is 24.3 Å². The number of carbonyl (C=O) groups is 1. The molecule has 0 bridgehead atoms. The number of methoxy groups -OCH3 is 1. The van der Waals surface area contributed by atoms with Crippen molar-refractivity contribution in [2.24, 2.45) is 0 Å². The highest BCUT2D eigenvalue weighted by Gasteiger charge is 2.06. The molecule has 0 N–H and O–H groups in total. The second kappa shape index (κ2) is 6.39. The van der Waals surface area contributed by atoms with E-state index in [9.17, 15) is 4.79 Å². The average Bonchev–Trinajstić information content (AvgIpc) is 2.35. The molecule has 1 rings (SSSR count). The summed E-state index contributed by atoms with van der Waals surface area (Å²) in [6.07, 6.45) is 3.27. The Kier molecular flexibility index (Phi) is 5.14. The minimum atomic E-state index is -0.323. The standard InChI is InChI=1S/C16H22O2/c1-11(2)14-8-13(6-7-16(17)18-5)9-15(10-14)12(3)4/h6-12H,1-5H3/b7-6+. The van der Waals surface area contributed by atoms with Gasteiger partial charge in [-0.15, -0.1) is 0 Å². The minimum Gasteiger partial charge on any atom is -0.466 e. The van der Waals surface area contributed by atoms with Gasteiger partial charge in [-0.2, -0.15) is 0 Å². The van der Waals surface area contributed by atoms with Crippen molar-refractivity contribution in [1.82, 2.24) is 0 Å². The number of rotatable bonds is 4. The maximum Gasteiger partial charge on any atom is 0.330 e. The lowest BCUT2D eigenvalue weighted by Crippen LogP contribution is -1.96. The summed E-state index contributed by atoms with van der Waals surface area (Å²) < 4.78 is 4.60. The van der Waals surface area contributed by atoms with Crippen LogP contribution in [0.1, 0.15) is 56.2 Å². The molecule has 0 amide bonds. The second-order valence-electron chi connectivity index (χ2n) is 5.10. The Morgan fingerprint density at radius 3 is 1.94 bits per heavy atom. The van der Waals surface area contributed by atoms with E-state index >= 15 is 0 Å². The Labute approximate surface area is 110 Å². The van der Waals surface area contributed by atoms with Gasteiger partial charge in [0.05, 0.1) is 7.11 Å².